The smallest absolute Gasteiger partial charge is 0.235 e. The minimum atomic E-state index is -0.414. The van der Waals surface area contributed by atoms with E-state index in [-0.39, 0.29) is 23.8 Å². The van der Waals surface area contributed by atoms with Crippen molar-refractivity contribution in [1.29, 1.82) is 0 Å². The molecule has 1 heterocycles. The molecule has 1 fully saturated rings. The van der Waals surface area contributed by atoms with Gasteiger partial charge in [-0.1, -0.05) is 58.0 Å². The Balaban J connectivity index is 2.13. The molecule has 0 saturated carbocycles. The second-order valence-electron chi connectivity index (χ2n) is 6.75. The molecule has 21 heavy (non-hydrogen) atoms. The third kappa shape index (κ3) is 3.17. The molecule has 1 saturated heterocycles. The average molecular weight is 287 g/mol. The zero-order chi connectivity index (χ0) is 15.6. The Morgan fingerprint density at radius 1 is 1.33 bits per heavy atom. The van der Waals surface area contributed by atoms with Gasteiger partial charge in [-0.25, -0.2) is 0 Å². The molecule has 1 aliphatic heterocycles. The summed E-state index contributed by atoms with van der Waals surface area (Å²) in [6, 6.07) is 10.0. The van der Waals surface area contributed by atoms with Crippen LogP contribution in [0.2, 0.25) is 0 Å². The van der Waals surface area contributed by atoms with Crippen LogP contribution in [-0.4, -0.2) is 22.8 Å². The van der Waals surface area contributed by atoms with E-state index >= 15 is 0 Å². The van der Waals surface area contributed by atoms with Crippen LogP contribution in [0.25, 0.3) is 0 Å². The van der Waals surface area contributed by atoms with Gasteiger partial charge in [0.15, 0.2) is 0 Å². The molecule has 3 heteroatoms. The van der Waals surface area contributed by atoms with Gasteiger partial charge in [0, 0.05) is 17.4 Å². The molecule has 0 aliphatic carbocycles. The zero-order valence-corrected chi connectivity index (χ0v) is 13.4. The molecule has 0 unspecified atom stereocenters. The van der Waals surface area contributed by atoms with Crippen molar-refractivity contribution >= 4 is 11.8 Å². The van der Waals surface area contributed by atoms with Crippen LogP contribution in [0, 0.1) is 11.3 Å². The van der Waals surface area contributed by atoms with Crippen LogP contribution in [0.1, 0.15) is 46.1 Å². The number of imide groups is 1. The third-order valence-electron chi connectivity index (χ3n) is 4.42. The Bertz CT molecular complexity index is 521. The first-order valence-corrected chi connectivity index (χ1v) is 7.78. The molecule has 0 aromatic heterocycles. The highest BCUT2D eigenvalue weighted by Crippen LogP contribution is 2.37. The lowest BCUT2D eigenvalue weighted by Crippen LogP contribution is -2.43. The number of carbonyl (C=O) groups excluding carboxylic acids is 2. The molecule has 2 rings (SSSR count). The summed E-state index contributed by atoms with van der Waals surface area (Å²) in [5, 5.41) is 0. The molecule has 0 bridgehead atoms. The maximum absolute atomic E-state index is 12.7. The van der Waals surface area contributed by atoms with E-state index in [1.54, 1.807) is 0 Å². The van der Waals surface area contributed by atoms with Crippen LogP contribution in [0.15, 0.2) is 30.3 Å². The molecule has 0 N–H and O–H groups in total. The number of amides is 2. The van der Waals surface area contributed by atoms with E-state index in [4.69, 9.17) is 0 Å². The van der Waals surface area contributed by atoms with E-state index in [1.165, 1.54) is 4.90 Å². The lowest BCUT2D eigenvalue weighted by molar-refractivity contribution is -0.149. The molecular weight excluding hydrogens is 262 g/mol. The van der Waals surface area contributed by atoms with Gasteiger partial charge in [-0.3, -0.25) is 14.5 Å². The predicted molar refractivity (Wildman–Crippen MR) is 83.6 cm³/mol. The molecular formula is C18H25NO2. The van der Waals surface area contributed by atoms with Crippen molar-refractivity contribution in [3.8, 4) is 0 Å². The van der Waals surface area contributed by atoms with Crippen LogP contribution < -0.4 is 0 Å². The van der Waals surface area contributed by atoms with Gasteiger partial charge in [0.05, 0.1) is 0 Å². The maximum Gasteiger partial charge on any atom is 0.235 e. The molecule has 1 aromatic carbocycles. The number of carbonyl (C=O) groups is 2. The van der Waals surface area contributed by atoms with Gasteiger partial charge >= 0.3 is 0 Å². The van der Waals surface area contributed by atoms with E-state index in [0.29, 0.717) is 6.42 Å². The fourth-order valence-corrected chi connectivity index (χ4v) is 3.16. The summed E-state index contributed by atoms with van der Waals surface area (Å²) >= 11 is 0. The molecule has 2 amide bonds. The number of benzene rings is 1. The van der Waals surface area contributed by atoms with Crippen LogP contribution in [0.4, 0.5) is 0 Å². The predicted octanol–water partition coefficient (Wildman–Crippen LogP) is 3.43. The van der Waals surface area contributed by atoms with Crippen molar-refractivity contribution in [2.24, 2.45) is 11.3 Å². The standard InChI is InChI=1S/C18H25NO2/c1-5-15-12-18(3,4)17(21)19(15)16(20)13(2)11-14-9-7-6-8-10-14/h6-10,13,15H,5,11-12H2,1-4H3/t13-,15-/m1/s1. The molecule has 114 valence electrons. The van der Waals surface area contributed by atoms with E-state index in [1.807, 2.05) is 58.0 Å². The topological polar surface area (TPSA) is 37.4 Å². The summed E-state index contributed by atoms with van der Waals surface area (Å²) in [5.41, 5.74) is 0.723. The number of hydrogen-bond acceptors (Lipinski definition) is 2. The molecule has 0 radical (unpaired) electrons. The largest absolute Gasteiger partial charge is 0.279 e. The number of hydrogen-bond donors (Lipinski definition) is 0. The van der Waals surface area contributed by atoms with Crippen LogP contribution in [0.5, 0.6) is 0 Å². The fraction of sp³-hybridized carbons (Fsp3) is 0.556. The molecule has 3 nitrogen and oxygen atoms in total. The van der Waals surface area contributed by atoms with Crippen molar-refractivity contribution in [3.05, 3.63) is 35.9 Å². The number of nitrogens with zero attached hydrogens (tertiary/aromatic N) is 1. The average Bonchev–Trinajstić information content (AvgIpc) is 2.69. The van der Waals surface area contributed by atoms with Gasteiger partial charge < -0.3 is 0 Å². The molecule has 2 atom stereocenters. The maximum atomic E-state index is 12.7. The Morgan fingerprint density at radius 2 is 1.95 bits per heavy atom. The van der Waals surface area contributed by atoms with E-state index in [0.717, 1.165) is 18.4 Å². The zero-order valence-electron chi connectivity index (χ0n) is 13.4. The minimum Gasteiger partial charge on any atom is -0.279 e. The number of rotatable bonds is 4. The van der Waals surface area contributed by atoms with E-state index in [9.17, 15) is 9.59 Å². The lowest BCUT2D eigenvalue weighted by atomic mass is 9.89. The summed E-state index contributed by atoms with van der Waals surface area (Å²) in [7, 11) is 0. The molecule has 1 aliphatic rings. The second-order valence-corrected chi connectivity index (χ2v) is 6.75. The monoisotopic (exact) mass is 287 g/mol. The van der Waals surface area contributed by atoms with E-state index in [2.05, 4.69) is 0 Å². The lowest BCUT2D eigenvalue weighted by Gasteiger charge is -2.25. The highest BCUT2D eigenvalue weighted by molar-refractivity contribution is 6.00. The summed E-state index contributed by atoms with van der Waals surface area (Å²) in [5.74, 6) is -0.208. The first-order valence-electron chi connectivity index (χ1n) is 7.78. The summed E-state index contributed by atoms with van der Waals surface area (Å²) < 4.78 is 0. The van der Waals surface area contributed by atoms with Gasteiger partial charge in [0.1, 0.15) is 0 Å². The summed E-state index contributed by atoms with van der Waals surface area (Å²) in [6.07, 6.45) is 2.28. The normalized spacial score (nSPS) is 22.4. The minimum absolute atomic E-state index is 0.0146. The molecule has 1 aromatic rings. The van der Waals surface area contributed by atoms with Crippen molar-refractivity contribution in [1.82, 2.24) is 4.90 Å². The van der Waals surface area contributed by atoms with Gasteiger partial charge in [0.2, 0.25) is 11.8 Å². The second kappa shape index (κ2) is 6.00. The Hall–Kier alpha value is -1.64. The van der Waals surface area contributed by atoms with Crippen molar-refractivity contribution < 1.29 is 9.59 Å². The SMILES string of the molecule is CC[C@@H]1CC(C)(C)C(=O)N1C(=O)[C@H](C)Cc1ccccc1. The Labute approximate surface area is 127 Å². The highest BCUT2D eigenvalue weighted by atomic mass is 16.2. The molecule has 0 spiro atoms. The Morgan fingerprint density at radius 3 is 2.52 bits per heavy atom. The van der Waals surface area contributed by atoms with Crippen molar-refractivity contribution in [3.63, 3.8) is 0 Å². The van der Waals surface area contributed by atoms with Crippen LogP contribution in [0.3, 0.4) is 0 Å². The number of likely N-dealkylation sites (tertiary alicyclic amines) is 1. The van der Waals surface area contributed by atoms with Gasteiger partial charge in [-0.15, -0.1) is 0 Å². The van der Waals surface area contributed by atoms with Crippen LogP contribution in [-0.2, 0) is 16.0 Å². The van der Waals surface area contributed by atoms with Crippen LogP contribution >= 0.6 is 0 Å². The first-order chi connectivity index (χ1) is 9.86. The van der Waals surface area contributed by atoms with Crippen molar-refractivity contribution in [2.45, 2.75) is 53.0 Å². The van der Waals surface area contributed by atoms with Gasteiger partial charge in [-0.05, 0) is 24.8 Å². The van der Waals surface area contributed by atoms with E-state index < -0.39 is 5.41 Å². The van der Waals surface area contributed by atoms with Crippen molar-refractivity contribution in [2.75, 3.05) is 0 Å². The third-order valence-corrected chi connectivity index (χ3v) is 4.42. The Kier molecular flexibility index (Phi) is 4.50. The fourth-order valence-electron chi connectivity index (χ4n) is 3.16. The van der Waals surface area contributed by atoms with Gasteiger partial charge in [-0.2, -0.15) is 0 Å². The van der Waals surface area contributed by atoms with Gasteiger partial charge in [0.25, 0.3) is 0 Å². The summed E-state index contributed by atoms with van der Waals surface area (Å²) in [4.78, 5) is 26.8. The first kappa shape index (κ1) is 15.7. The highest BCUT2D eigenvalue weighted by Gasteiger charge is 2.47. The quantitative estimate of drug-likeness (QED) is 0.851. The summed E-state index contributed by atoms with van der Waals surface area (Å²) in [6.45, 7) is 7.84.